The van der Waals surface area contributed by atoms with Gasteiger partial charge in [-0.3, -0.25) is 9.69 Å². The number of nitrogens with zero attached hydrogens (tertiary/aromatic N) is 3. The Morgan fingerprint density at radius 2 is 1.70 bits per heavy atom. The Morgan fingerprint density at radius 1 is 1.04 bits per heavy atom. The SMILES string of the molecule is COc1cc2c(cc1OC)CN(Cn1nc(C)c3ccccc3c1=O)CC2. The van der Waals surface area contributed by atoms with E-state index in [9.17, 15) is 4.79 Å². The first-order valence-corrected chi connectivity index (χ1v) is 9.03. The van der Waals surface area contributed by atoms with Gasteiger partial charge < -0.3 is 9.47 Å². The summed E-state index contributed by atoms with van der Waals surface area (Å²) in [5.74, 6) is 1.49. The third-order valence-corrected chi connectivity index (χ3v) is 5.18. The average molecular weight is 365 g/mol. The summed E-state index contributed by atoms with van der Waals surface area (Å²) in [5.41, 5.74) is 3.28. The van der Waals surface area contributed by atoms with Crippen LogP contribution in [0.4, 0.5) is 0 Å². The van der Waals surface area contributed by atoms with Crippen molar-refractivity contribution in [1.82, 2.24) is 14.7 Å². The van der Waals surface area contributed by atoms with Crippen LogP contribution in [0.2, 0.25) is 0 Å². The summed E-state index contributed by atoms with van der Waals surface area (Å²) in [7, 11) is 3.30. The lowest BCUT2D eigenvalue weighted by Gasteiger charge is -2.29. The zero-order valence-electron chi connectivity index (χ0n) is 15.9. The maximum atomic E-state index is 12.8. The molecular formula is C21H23N3O3. The van der Waals surface area contributed by atoms with E-state index >= 15 is 0 Å². The van der Waals surface area contributed by atoms with E-state index < -0.39 is 0 Å². The molecule has 2 aromatic carbocycles. The Labute approximate surface area is 157 Å². The molecule has 0 saturated carbocycles. The van der Waals surface area contributed by atoms with Crippen LogP contribution >= 0.6 is 0 Å². The van der Waals surface area contributed by atoms with Crippen LogP contribution in [-0.2, 0) is 19.6 Å². The Bertz CT molecular complexity index is 1060. The van der Waals surface area contributed by atoms with Gasteiger partial charge >= 0.3 is 0 Å². The van der Waals surface area contributed by atoms with Crippen molar-refractivity contribution in [3.8, 4) is 11.5 Å². The molecule has 3 aromatic rings. The van der Waals surface area contributed by atoms with Crippen LogP contribution in [0.1, 0.15) is 16.8 Å². The second kappa shape index (κ2) is 7.04. The Hall–Kier alpha value is -2.86. The van der Waals surface area contributed by atoms with E-state index in [-0.39, 0.29) is 5.56 Å². The molecule has 1 aliphatic heterocycles. The lowest BCUT2D eigenvalue weighted by molar-refractivity contribution is 0.185. The zero-order valence-corrected chi connectivity index (χ0v) is 15.9. The Balaban J connectivity index is 1.63. The standard InChI is InChI=1S/C21H23N3O3/c1-14-17-6-4-5-7-18(17)21(25)24(22-14)13-23-9-8-15-10-19(26-2)20(27-3)11-16(15)12-23/h4-7,10-11H,8-9,12-13H2,1-3H3. The van der Waals surface area contributed by atoms with Crippen LogP contribution in [0.5, 0.6) is 11.5 Å². The van der Waals surface area contributed by atoms with Crippen molar-refractivity contribution in [1.29, 1.82) is 0 Å². The van der Waals surface area contributed by atoms with Gasteiger partial charge in [0.1, 0.15) is 0 Å². The van der Waals surface area contributed by atoms with Crippen molar-refractivity contribution in [3.63, 3.8) is 0 Å². The van der Waals surface area contributed by atoms with Crippen LogP contribution in [0, 0.1) is 6.92 Å². The van der Waals surface area contributed by atoms with E-state index in [0.29, 0.717) is 12.1 Å². The fourth-order valence-corrected chi connectivity index (χ4v) is 3.75. The lowest BCUT2D eigenvalue weighted by Crippen LogP contribution is -2.37. The maximum absolute atomic E-state index is 12.8. The summed E-state index contributed by atoms with van der Waals surface area (Å²) in [6, 6.07) is 11.7. The fraction of sp³-hybridized carbons (Fsp3) is 0.333. The van der Waals surface area contributed by atoms with E-state index in [1.54, 1.807) is 18.9 Å². The molecule has 0 atom stereocenters. The summed E-state index contributed by atoms with van der Waals surface area (Å²) in [4.78, 5) is 15.1. The van der Waals surface area contributed by atoms with Crippen LogP contribution in [0.3, 0.4) is 0 Å². The van der Waals surface area contributed by atoms with Crippen molar-refractivity contribution < 1.29 is 9.47 Å². The molecule has 0 unspecified atom stereocenters. The smallest absolute Gasteiger partial charge is 0.275 e. The van der Waals surface area contributed by atoms with Crippen LogP contribution in [0.25, 0.3) is 10.8 Å². The van der Waals surface area contributed by atoms with Gasteiger partial charge in [-0.15, -0.1) is 0 Å². The first-order chi connectivity index (χ1) is 13.1. The minimum absolute atomic E-state index is 0.0469. The predicted molar refractivity (Wildman–Crippen MR) is 104 cm³/mol. The minimum Gasteiger partial charge on any atom is -0.493 e. The van der Waals surface area contributed by atoms with Crippen molar-refractivity contribution in [3.05, 3.63) is 63.6 Å². The molecule has 1 aromatic heterocycles. The van der Waals surface area contributed by atoms with Crippen molar-refractivity contribution in [2.75, 3.05) is 20.8 Å². The number of hydrogen-bond acceptors (Lipinski definition) is 5. The maximum Gasteiger partial charge on any atom is 0.275 e. The van der Waals surface area contributed by atoms with E-state index in [0.717, 1.165) is 42.1 Å². The molecule has 6 heteroatoms. The fourth-order valence-electron chi connectivity index (χ4n) is 3.75. The van der Waals surface area contributed by atoms with Gasteiger partial charge in [-0.25, -0.2) is 4.68 Å². The predicted octanol–water partition coefficient (Wildman–Crippen LogP) is 2.74. The quantitative estimate of drug-likeness (QED) is 0.712. The molecule has 6 nitrogen and oxygen atoms in total. The zero-order chi connectivity index (χ0) is 19.0. The minimum atomic E-state index is -0.0469. The monoisotopic (exact) mass is 365 g/mol. The third kappa shape index (κ3) is 3.17. The highest BCUT2D eigenvalue weighted by molar-refractivity contribution is 5.83. The van der Waals surface area contributed by atoms with Crippen molar-refractivity contribution in [2.45, 2.75) is 26.6 Å². The van der Waals surface area contributed by atoms with Crippen molar-refractivity contribution in [2.24, 2.45) is 0 Å². The Kier molecular flexibility index (Phi) is 4.58. The summed E-state index contributed by atoms with van der Waals surface area (Å²) in [6.45, 7) is 4.03. The number of fused-ring (bicyclic) bond motifs is 2. The van der Waals surface area contributed by atoms with E-state index in [1.165, 1.54) is 11.1 Å². The molecule has 2 heterocycles. The molecular weight excluding hydrogens is 342 g/mol. The largest absolute Gasteiger partial charge is 0.493 e. The summed E-state index contributed by atoms with van der Waals surface area (Å²) >= 11 is 0. The number of ether oxygens (including phenoxy) is 2. The van der Waals surface area contributed by atoms with E-state index in [4.69, 9.17) is 9.47 Å². The van der Waals surface area contributed by atoms with Gasteiger partial charge in [0, 0.05) is 18.5 Å². The highest BCUT2D eigenvalue weighted by Crippen LogP contribution is 2.33. The number of methoxy groups -OCH3 is 2. The van der Waals surface area contributed by atoms with Crippen LogP contribution in [0.15, 0.2) is 41.2 Å². The highest BCUT2D eigenvalue weighted by Gasteiger charge is 2.20. The second-order valence-electron chi connectivity index (χ2n) is 6.86. The van der Waals surface area contributed by atoms with E-state index in [2.05, 4.69) is 16.1 Å². The highest BCUT2D eigenvalue weighted by atomic mass is 16.5. The van der Waals surface area contributed by atoms with Crippen molar-refractivity contribution >= 4 is 10.8 Å². The number of benzene rings is 2. The molecule has 140 valence electrons. The first-order valence-electron chi connectivity index (χ1n) is 9.03. The Morgan fingerprint density at radius 3 is 2.41 bits per heavy atom. The van der Waals surface area contributed by atoms with Crippen LogP contribution < -0.4 is 15.0 Å². The molecule has 0 amide bonds. The normalized spacial score (nSPS) is 14.2. The molecule has 0 bridgehead atoms. The molecule has 0 spiro atoms. The number of hydrogen-bond donors (Lipinski definition) is 0. The van der Waals surface area contributed by atoms with Gasteiger partial charge in [-0.05, 0) is 42.7 Å². The van der Waals surface area contributed by atoms with Gasteiger partial charge in [0.2, 0.25) is 0 Å². The summed E-state index contributed by atoms with van der Waals surface area (Å²) in [6.07, 6.45) is 0.900. The van der Waals surface area contributed by atoms with Gasteiger partial charge in [-0.2, -0.15) is 5.10 Å². The first kappa shape index (κ1) is 17.5. The molecule has 0 N–H and O–H groups in total. The number of aromatic nitrogens is 2. The van der Waals surface area contributed by atoms with Crippen LogP contribution in [-0.4, -0.2) is 35.4 Å². The number of aryl methyl sites for hydroxylation is 1. The van der Waals surface area contributed by atoms with Gasteiger partial charge in [0.15, 0.2) is 11.5 Å². The molecule has 27 heavy (non-hydrogen) atoms. The lowest BCUT2D eigenvalue weighted by atomic mass is 9.99. The summed E-state index contributed by atoms with van der Waals surface area (Å²) < 4.78 is 12.4. The number of rotatable bonds is 4. The molecule has 0 radical (unpaired) electrons. The van der Waals surface area contributed by atoms with Gasteiger partial charge in [-0.1, -0.05) is 18.2 Å². The molecule has 1 aliphatic rings. The topological polar surface area (TPSA) is 56.6 Å². The van der Waals surface area contributed by atoms with E-state index in [1.807, 2.05) is 37.3 Å². The average Bonchev–Trinajstić information content (AvgIpc) is 2.70. The molecule has 0 aliphatic carbocycles. The third-order valence-electron chi connectivity index (χ3n) is 5.18. The van der Waals surface area contributed by atoms with Gasteiger partial charge in [0.05, 0.1) is 32.0 Å². The second-order valence-corrected chi connectivity index (χ2v) is 6.86. The van der Waals surface area contributed by atoms with Gasteiger partial charge in [0.25, 0.3) is 5.56 Å². The summed E-state index contributed by atoms with van der Waals surface area (Å²) in [5, 5.41) is 6.16. The molecule has 0 saturated heterocycles. The molecule has 0 fully saturated rings. The molecule has 4 rings (SSSR count).